The smallest absolute Gasteiger partial charge is 0.124 e. The molecule has 0 aromatic carbocycles. The van der Waals surface area contributed by atoms with E-state index in [-0.39, 0.29) is 0 Å². The van der Waals surface area contributed by atoms with Crippen LogP contribution >= 0.6 is 0 Å². The van der Waals surface area contributed by atoms with Crippen molar-refractivity contribution < 1.29 is 4.79 Å². The predicted octanol–water partition coefficient (Wildman–Crippen LogP) is 2.10. The first-order valence-corrected chi connectivity index (χ1v) is 2.94. The van der Waals surface area contributed by atoms with Crippen LogP contribution in [0.15, 0.2) is 23.8 Å². The summed E-state index contributed by atoms with van der Waals surface area (Å²) in [6.45, 7) is 7.48. The van der Waals surface area contributed by atoms with Crippen LogP contribution < -0.4 is 0 Å². The second-order valence-corrected chi connectivity index (χ2v) is 2.04. The van der Waals surface area contributed by atoms with Crippen molar-refractivity contribution in [2.45, 2.75) is 20.3 Å². The molecular formula is C8H12O. The molecule has 0 spiro atoms. The van der Waals surface area contributed by atoms with Crippen molar-refractivity contribution in [3.63, 3.8) is 0 Å². The second-order valence-electron chi connectivity index (χ2n) is 2.04. The molecule has 0 bridgehead atoms. The standard InChI is InChI=1S/C8H12O/c1-4-7(2)8(3)5-6-9/h4,6H,1,5H2,2-3H3. The van der Waals surface area contributed by atoms with Gasteiger partial charge in [0.2, 0.25) is 0 Å². The largest absolute Gasteiger partial charge is 0.303 e. The van der Waals surface area contributed by atoms with Gasteiger partial charge >= 0.3 is 0 Å². The Hall–Kier alpha value is -0.850. The fraction of sp³-hybridized carbons (Fsp3) is 0.375. The number of allylic oxidation sites excluding steroid dienone is 3. The third-order valence-corrected chi connectivity index (χ3v) is 1.37. The minimum absolute atomic E-state index is 0.526. The van der Waals surface area contributed by atoms with Crippen molar-refractivity contribution >= 4 is 6.29 Å². The van der Waals surface area contributed by atoms with Crippen LogP contribution in [0, 0.1) is 0 Å². The molecule has 0 radical (unpaired) electrons. The molecule has 9 heavy (non-hydrogen) atoms. The number of aldehydes is 1. The Kier molecular flexibility index (Phi) is 3.69. The Bertz CT molecular complexity index is 143. The number of hydrogen-bond donors (Lipinski definition) is 0. The highest BCUT2D eigenvalue weighted by atomic mass is 16.1. The number of rotatable bonds is 3. The van der Waals surface area contributed by atoms with Crippen LogP contribution in [0.4, 0.5) is 0 Å². The molecule has 0 N–H and O–H groups in total. The Morgan fingerprint density at radius 2 is 2.11 bits per heavy atom. The molecule has 1 heteroatoms. The monoisotopic (exact) mass is 124 g/mol. The van der Waals surface area contributed by atoms with E-state index in [0.29, 0.717) is 6.42 Å². The maximum absolute atomic E-state index is 9.97. The zero-order valence-corrected chi connectivity index (χ0v) is 5.98. The van der Waals surface area contributed by atoms with Crippen LogP contribution in [0.5, 0.6) is 0 Å². The van der Waals surface area contributed by atoms with Gasteiger partial charge in [0.1, 0.15) is 6.29 Å². The van der Waals surface area contributed by atoms with Crippen LogP contribution in [0.25, 0.3) is 0 Å². The Labute approximate surface area is 56.1 Å². The van der Waals surface area contributed by atoms with E-state index in [0.717, 1.165) is 17.4 Å². The summed E-state index contributed by atoms with van der Waals surface area (Å²) < 4.78 is 0. The van der Waals surface area contributed by atoms with Crippen molar-refractivity contribution in [3.8, 4) is 0 Å². The lowest BCUT2D eigenvalue weighted by atomic mass is 10.1. The molecule has 0 aliphatic rings. The highest BCUT2D eigenvalue weighted by Gasteiger charge is 1.89. The Morgan fingerprint density at radius 3 is 2.44 bits per heavy atom. The highest BCUT2D eigenvalue weighted by molar-refractivity contribution is 5.54. The van der Waals surface area contributed by atoms with Crippen LogP contribution in [-0.2, 0) is 4.79 Å². The van der Waals surface area contributed by atoms with Gasteiger partial charge in [-0.2, -0.15) is 0 Å². The van der Waals surface area contributed by atoms with Crippen LogP contribution in [0.3, 0.4) is 0 Å². The molecule has 0 saturated carbocycles. The molecule has 1 nitrogen and oxygen atoms in total. The third-order valence-electron chi connectivity index (χ3n) is 1.37. The van der Waals surface area contributed by atoms with E-state index in [9.17, 15) is 4.79 Å². The number of carbonyl (C=O) groups excluding carboxylic acids is 1. The minimum atomic E-state index is 0.526. The molecule has 0 aromatic heterocycles. The van der Waals surface area contributed by atoms with Gasteiger partial charge in [-0.05, 0) is 13.8 Å². The van der Waals surface area contributed by atoms with Gasteiger partial charge < -0.3 is 4.79 Å². The van der Waals surface area contributed by atoms with Gasteiger partial charge in [-0.25, -0.2) is 0 Å². The summed E-state index contributed by atoms with van der Waals surface area (Å²) in [6, 6.07) is 0. The number of hydrogen-bond acceptors (Lipinski definition) is 1. The molecule has 0 atom stereocenters. The van der Waals surface area contributed by atoms with E-state index in [2.05, 4.69) is 6.58 Å². The lowest BCUT2D eigenvalue weighted by Crippen LogP contribution is -1.81. The van der Waals surface area contributed by atoms with Gasteiger partial charge in [0.25, 0.3) is 0 Å². The Balaban J connectivity index is 4.08. The van der Waals surface area contributed by atoms with Gasteiger partial charge in [-0.3, -0.25) is 0 Å². The fourth-order valence-electron chi connectivity index (χ4n) is 0.460. The summed E-state index contributed by atoms with van der Waals surface area (Å²) in [7, 11) is 0. The average Bonchev–Trinajstić information content (AvgIpc) is 1.87. The molecule has 50 valence electrons. The SMILES string of the molecule is C=CC(C)=C(C)CC=O. The molecular weight excluding hydrogens is 112 g/mol. The topological polar surface area (TPSA) is 17.1 Å². The number of carbonyl (C=O) groups is 1. The first-order chi connectivity index (χ1) is 4.22. The first-order valence-electron chi connectivity index (χ1n) is 2.94. The molecule has 0 rings (SSSR count). The summed E-state index contributed by atoms with van der Waals surface area (Å²) in [6.07, 6.45) is 3.19. The lowest BCUT2D eigenvalue weighted by Gasteiger charge is -1.95. The van der Waals surface area contributed by atoms with E-state index < -0.39 is 0 Å². The molecule has 0 aromatic rings. The van der Waals surface area contributed by atoms with Crippen molar-refractivity contribution in [2.75, 3.05) is 0 Å². The van der Waals surface area contributed by atoms with E-state index in [1.54, 1.807) is 6.08 Å². The van der Waals surface area contributed by atoms with Gasteiger partial charge in [0, 0.05) is 6.42 Å². The van der Waals surface area contributed by atoms with Crippen molar-refractivity contribution in [1.29, 1.82) is 0 Å². The van der Waals surface area contributed by atoms with E-state index >= 15 is 0 Å². The van der Waals surface area contributed by atoms with E-state index in [1.165, 1.54) is 0 Å². The molecule has 0 aliphatic heterocycles. The third kappa shape index (κ3) is 2.85. The van der Waals surface area contributed by atoms with Crippen LogP contribution in [0.1, 0.15) is 20.3 Å². The van der Waals surface area contributed by atoms with Gasteiger partial charge in [0.15, 0.2) is 0 Å². The molecule has 0 saturated heterocycles. The molecule has 0 aliphatic carbocycles. The average molecular weight is 124 g/mol. The summed E-state index contributed by atoms with van der Waals surface area (Å²) in [5.74, 6) is 0. The van der Waals surface area contributed by atoms with E-state index in [1.807, 2.05) is 13.8 Å². The van der Waals surface area contributed by atoms with Crippen LogP contribution in [0.2, 0.25) is 0 Å². The highest BCUT2D eigenvalue weighted by Crippen LogP contribution is 2.05. The second kappa shape index (κ2) is 4.07. The molecule has 0 fully saturated rings. The van der Waals surface area contributed by atoms with E-state index in [4.69, 9.17) is 0 Å². The van der Waals surface area contributed by atoms with Crippen LogP contribution in [-0.4, -0.2) is 6.29 Å². The van der Waals surface area contributed by atoms with Gasteiger partial charge in [-0.15, -0.1) is 0 Å². The molecule has 0 amide bonds. The Morgan fingerprint density at radius 1 is 1.56 bits per heavy atom. The van der Waals surface area contributed by atoms with Gasteiger partial charge in [-0.1, -0.05) is 23.8 Å². The summed E-state index contributed by atoms with van der Waals surface area (Å²) in [5.41, 5.74) is 2.20. The zero-order valence-electron chi connectivity index (χ0n) is 5.98. The predicted molar refractivity (Wildman–Crippen MR) is 39.3 cm³/mol. The molecule has 0 unspecified atom stereocenters. The minimum Gasteiger partial charge on any atom is -0.303 e. The lowest BCUT2D eigenvalue weighted by molar-refractivity contribution is -0.107. The van der Waals surface area contributed by atoms with Crippen molar-refractivity contribution in [3.05, 3.63) is 23.8 Å². The summed E-state index contributed by atoms with van der Waals surface area (Å²) >= 11 is 0. The fourth-order valence-corrected chi connectivity index (χ4v) is 0.460. The van der Waals surface area contributed by atoms with Crippen molar-refractivity contribution in [1.82, 2.24) is 0 Å². The first kappa shape index (κ1) is 8.15. The summed E-state index contributed by atoms with van der Waals surface area (Å²) in [4.78, 5) is 9.97. The van der Waals surface area contributed by atoms with Gasteiger partial charge in [0.05, 0.1) is 0 Å². The summed E-state index contributed by atoms with van der Waals surface area (Å²) in [5, 5.41) is 0. The van der Waals surface area contributed by atoms with Crippen molar-refractivity contribution in [2.24, 2.45) is 0 Å². The zero-order chi connectivity index (χ0) is 7.28. The maximum Gasteiger partial charge on any atom is 0.124 e. The molecule has 0 heterocycles. The normalized spacial score (nSPS) is 12.2. The maximum atomic E-state index is 9.97. The quantitative estimate of drug-likeness (QED) is 0.416.